The van der Waals surface area contributed by atoms with Crippen molar-refractivity contribution in [1.29, 1.82) is 0 Å². The number of hydrogen-bond donors (Lipinski definition) is 0. The van der Waals surface area contributed by atoms with Crippen molar-refractivity contribution in [2.45, 2.75) is 26.2 Å². The molecule has 0 N–H and O–H groups in total. The summed E-state index contributed by atoms with van der Waals surface area (Å²) in [7, 11) is 0.924. The fraction of sp³-hybridized carbons (Fsp3) is 0.385. The van der Waals surface area contributed by atoms with Crippen molar-refractivity contribution in [3.05, 3.63) is 28.8 Å². The summed E-state index contributed by atoms with van der Waals surface area (Å²) < 4.78 is 57.7. The Morgan fingerprint density at radius 3 is 2.00 bits per heavy atom. The molecule has 1 aromatic rings. The summed E-state index contributed by atoms with van der Waals surface area (Å²) >= 11 is 0. The van der Waals surface area contributed by atoms with Gasteiger partial charge in [-0.3, -0.25) is 0 Å². The van der Waals surface area contributed by atoms with E-state index in [-0.39, 0.29) is 0 Å². The van der Waals surface area contributed by atoms with E-state index in [0.717, 1.165) is 20.0 Å². The maximum Gasteiger partial charge on any atom is 0.205 e. The van der Waals surface area contributed by atoms with Crippen molar-refractivity contribution in [3.8, 4) is 17.6 Å². The van der Waals surface area contributed by atoms with Gasteiger partial charge in [-0.25, -0.2) is 8.78 Å². The van der Waals surface area contributed by atoms with Gasteiger partial charge in [-0.15, -0.1) is 0 Å². The van der Waals surface area contributed by atoms with Gasteiger partial charge in [0.1, 0.15) is 5.56 Å². The Hall–Kier alpha value is -1.70. The molecule has 0 heterocycles. The zero-order chi connectivity index (χ0) is 13.7. The molecule has 0 saturated heterocycles. The third kappa shape index (κ3) is 2.76. The van der Waals surface area contributed by atoms with Crippen molar-refractivity contribution in [2.24, 2.45) is 0 Å². The lowest BCUT2D eigenvalue weighted by Gasteiger charge is -2.07. The molecule has 0 saturated carbocycles. The number of hydrogen-bond acceptors (Lipinski definition) is 1. The minimum atomic E-state index is -1.57. The first kappa shape index (κ1) is 14.4. The molecule has 18 heavy (non-hydrogen) atoms. The van der Waals surface area contributed by atoms with E-state index >= 15 is 0 Å². The molecule has 0 spiro atoms. The van der Waals surface area contributed by atoms with Crippen LogP contribution in [0, 0.1) is 35.1 Å². The minimum Gasteiger partial charge on any atom is -0.491 e. The van der Waals surface area contributed by atoms with Gasteiger partial charge in [0.15, 0.2) is 17.4 Å². The first-order valence-electron chi connectivity index (χ1n) is 5.43. The molecule has 0 aliphatic rings. The largest absolute Gasteiger partial charge is 0.491 e. The Morgan fingerprint density at radius 2 is 1.56 bits per heavy atom. The fourth-order valence-corrected chi connectivity index (χ4v) is 1.32. The standard InChI is InChI=1S/C13H12F4O/c1-3-4-5-6-7-8-9(14)11(16)13(18-2)12(17)10(8)15/h3-5H2,1-2H3. The number of ether oxygens (including phenoxy) is 1. The Bertz CT molecular complexity index is 471. The first-order chi connectivity index (χ1) is 8.54. The topological polar surface area (TPSA) is 9.23 Å². The molecule has 1 nitrogen and oxygen atoms in total. The lowest BCUT2D eigenvalue weighted by atomic mass is 10.1. The molecule has 0 aliphatic carbocycles. The second-order valence-corrected chi connectivity index (χ2v) is 3.57. The Labute approximate surface area is 103 Å². The van der Waals surface area contributed by atoms with E-state index < -0.39 is 34.6 Å². The summed E-state index contributed by atoms with van der Waals surface area (Å²) in [4.78, 5) is 0. The van der Waals surface area contributed by atoms with E-state index in [1.807, 2.05) is 6.92 Å². The van der Waals surface area contributed by atoms with Crippen LogP contribution in [0.2, 0.25) is 0 Å². The number of unbranched alkanes of at least 4 members (excludes halogenated alkanes) is 2. The summed E-state index contributed by atoms with van der Waals surface area (Å²) in [5.74, 6) is -2.71. The van der Waals surface area contributed by atoms with Crippen LogP contribution in [0.3, 0.4) is 0 Å². The summed E-state index contributed by atoms with van der Waals surface area (Å²) in [6.07, 6.45) is 2.02. The van der Waals surface area contributed by atoms with E-state index in [4.69, 9.17) is 0 Å². The second-order valence-electron chi connectivity index (χ2n) is 3.57. The summed E-state index contributed by atoms with van der Waals surface area (Å²) in [6.45, 7) is 1.93. The average molecular weight is 260 g/mol. The highest BCUT2D eigenvalue weighted by Crippen LogP contribution is 2.29. The third-order valence-electron chi connectivity index (χ3n) is 2.30. The van der Waals surface area contributed by atoms with Gasteiger partial charge in [0.2, 0.25) is 11.6 Å². The molecule has 0 aliphatic heterocycles. The fourth-order valence-electron chi connectivity index (χ4n) is 1.32. The SMILES string of the molecule is CCCCC#Cc1c(F)c(F)c(OC)c(F)c1F. The summed E-state index contributed by atoms with van der Waals surface area (Å²) in [6, 6.07) is 0. The highest BCUT2D eigenvalue weighted by atomic mass is 19.2. The highest BCUT2D eigenvalue weighted by Gasteiger charge is 2.25. The molecule has 0 unspecified atom stereocenters. The van der Waals surface area contributed by atoms with Crippen LogP contribution >= 0.6 is 0 Å². The first-order valence-corrected chi connectivity index (χ1v) is 5.43. The molecule has 0 aromatic heterocycles. The van der Waals surface area contributed by atoms with E-state index in [9.17, 15) is 17.6 Å². The van der Waals surface area contributed by atoms with Crippen LogP contribution in [0.4, 0.5) is 17.6 Å². The molecule has 1 aromatic carbocycles. The lowest BCUT2D eigenvalue weighted by molar-refractivity contribution is 0.331. The number of halogens is 4. The molecular weight excluding hydrogens is 248 g/mol. The van der Waals surface area contributed by atoms with E-state index in [1.54, 1.807) is 0 Å². The van der Waals surface area contributed by atoms with Gasteiger partial charge in [0.25, 0.3) is 0 Å². The maximum atomic E-state index is 13.4. The summed E-state index contributed by atoms with van der Waals surface area (Å²) in [5.41, 5.74) is -0.901. The Morgan fingerprint density at radius 1 is 1.00 bits per heavy atom. The van der Waals surface area contributed by atoms with Gasteiger partial charge in [-0.2, -0.15) is 8.78 Å². The van der Waals surface area contributed by atoms with Crippen LogP contribution in [0.25, 0.3) is 0 Å². The molecule has 0 fully saturated rings. The predicted octanol–water partition coefficient (Wildman–Crippen LogP) is 3.79. The van der Waals surface area contributed by atoms with Crippen LogP contribution in [-0.4, -0.2) is 7.11 Å². The smallest absolute Gasteiger partial charge is 0.205 e. The van der Waals surface area contributed by atoms with Crippen LogP contribution in [0.1, 0.15) is 31.7 Å². The Balaban J connectivity index is 3.24. The molecule has 1 rings (SSSR count). The lowest BCUT2D eigenvalue weighted by Crippen LogP contribution is -2.04. The molecule has 0 amide bonds. The van der Waals surface area contributed by atoms with E-state index in [2.05, 4.69) is 16.6 Å². The molecule has 0 radical (unpaired) electrons. The second kappa shape index (κ2) is 6.29. The van der Waals surface area contributed by atoms with E-state index in [0.29, 0.717) is 6.42 Å². The highest BCUT2D eigenvalue weighted by molar-refractivity contribution is 5.43. The number of methoxy groups -OCH3 is 1. The van der Waals surface area contributed by atoms with Gasteiger partial charge in [0.05, 0.1) is 7.11 Å². The summed E-state index contributed by atoms with van der Waals surface area (Å²) in [5, 5.41) is 0. The van der Waals surface area contributed by atoms with Crippen molar-refractivity contribution < 1.29 is 22.3 Å². The monoisotopic (exact) mass is 260 g/mol. The van der Waals surface area contributed by atoms with Gasteiger partial charge < -0.3 is 4.74 Å². The van der Waals surface area contributed by atoms with Crippen molar-refractivity contribution >= 4 is 0 Å². The molecule has 98 valence electrons. The quantitative estimate of drug-likeness (QED) is 0.348. The maximum absolute atomic E-state index is 13.4. The van der Waals surface area contributed by atoms with Crippen molar-refractivity contribution in [1.82, 2.24) is 0 Å². The van der Waals surface area contributed by atoms with Crippen molar-refractivity contribution in [2.75, 3.05) is 7.11 Å². The molecule has 0 atom stereocenters. The van der Waals surface area contributed by atoms with Gasteiger partial charge in [-0.05, 0) is 6.42 Å². The van der Waals surface area contributed by atoms with Crippen LogP contribution in [0.5, 0.6) is 5.75 Å². The third-order valence-corrected chi connectivity index (χ3v) is 2.30. The normalized spacial score (nSPS) is 9.89. The number of rotatable bonds is 3. The van der Waals surface area contributed by atoms with Crippen molar-refractivity contribution in [3.63, 3.8) is 0 Å². The average Bonchev–Trinajstić information content (AvgIpc) is 2.36. The zero-order valence-electron chi connectivity index (χ0n) is 10.0. The van der Waals surface area contributed by atoms with Gasteiger partial charge >= 0.3 is 0 Å². The Kier molecular flexibility index (Phi) is 5.02. The van der Waals surface area contributed by atoms with Crippen LogP contribution in [-0.2, 0) is 0 Å². The van der Waals surface area contributed by atoms with Crippen LogP contribution in [0.15, 0.2) is 0 Å². The van der Waals surface area contributed by atoms with Crippen LogP contribution < -0.4 is 4.74 Å². The van der Waals surface area contributed by atoms with Gasteiger partial charge in [0, 0.05) is 6.42 Å². The van der Waals surface area contributed by atoms with E-state index in [1.165, 1.54) is 0 Å². The number of benzene rings is 1. The molecule has 0 bridgehead atoms. The predicted molar refractivity (Wildman–Crippen MR) is 59.2 cm³/mol. The molecule has 5 heteroatoms. The van der Waals surface area contributed by atoms with Gasteiger partial charge in [-0.1, -0.05) is 25.2 Å². The minimum absolute atomic E-state index is 0.407. The zero-order valence-corrected chi connectivity index (χ0v) is 10.0. The molecular formula is C13H12F4O.